The van der Waals surface area contributed by atoms with E-state index < -0.39 is 33.1 Å². The molecule has 3 aromatic rings. The quantitative estimate of drug-likeness (QED) is 0.545. The van der Waals surface area contributed by atoms with Crippen LogP contribution in [0.1, 0.15) is 27.0 Å². The van der Waals surface area contributed by atoms with Gasteiger partial charge in [-0.3, -0.25) is 9.52 Å². The van der Waals surface area contributed by atoms with Gasteiger partial charge in [0.2, 0.25) is 0 Å². The Kier molecular flexibility index (Phi) is 6.50. The molecular formula is C23H22F2N2O4S. The lowest BCUT2D eigenvalue weighted by atomic mass is 10.1. The number of carbonyl (C=O) groups is 1. The van der Waals surface area contributed by atoms with Gasteiger partial charge in [-0.05, 0) is 67.8 Å². The van der Waals surface area contributed by atoms with E-state index in [-0.39, 0.29) is 16.3 Å². The average Bonchev–Trinajstić information content (AvgIpc) is 2.73. The van der Waals surface area contributed by atoms with Crippen LogP contribution < -0.4 is 14.8 Å². The number of carbonyl (C=O) groups excluding carboxylic acids is 1. The van der Waals surface area contributed by atoms with Gasteiger partial charge in [0.05, 0.1) is 18.4 Å². The molecule has 1 amide bonds. The van der Waals surface area contributed by atoms with Crippen molar-refractivity contribution in [3.05, 3.63) is 82.4 Å². The molecule has 0 atom stereocenters. The monoisotopic (exact) mass is 460 g/mol. The molecule has 3 rings (SSSR count). The zero-order chi connectivity index (χ0) is 23.6. The second-order valence-corrected chi connectivity index (χ2v) is 8.95. The molecule has 0 saturated carbocycles. The lowest BCUT2D eigenvalue weighted by molar-refractivity contribution is 0.102. The number of para-hydroxylation sites is 1. The summed E-state index contributed by atoms with van der Waals surface area (Å²) in [6.07, 6.45) is 0. The smallest absolute Gasteiger partial charge is 0.265 e. The van der Waals surface area contributed by atoms with Crippen LogP contribution >= 0.6 is 0 Å². The highest BCUT2D eigenvalue weighted by atomic mass is 32.2. The molecule has 168 valence electrons. The molecule has 0 spiro atoms. The highest BCUT2D eigenvalue weighted by Gasteiger charge is 2.23. The van der Waals surface area contributed by atoms with E-state index in [4.69, 9.17) is 4.74 Å². The second-order valence-electron chi connectivity index (χ2n) is 7.30. The maximum Gasteiger partial charge on any atom is 0.265 e. The van der Waals surface area contributed by atoms with Crippen molar-refractivity contribution in [1.82, 2.24) is 0 Å². The Labute approximate surface area is 185 Å². The second kappa shape index (κ2) is 8.96. The molecule has 32 heavy (non-hydrogen) atoms. The summed E-state index contributed by atoms with van der Waals surface area (Å²) < 4.78 is 61.7. The van der Waals surface area contributed by atoms with E-state index in [0.717, 1.165) is 17.2 Å². The van der Waals surface area contributed by atoms with Crippen molar-refractivity contribution >= 4 is 27.3 Å². The standard InChI is InChI=1S/C23H22F2N2O4S/c1-13-10-17(21(25)18(24)11-13)23(28)26-16-8-9-19(31-4)20(12-16)32(29,30)27-22-14(2)6-5-7-15(22)3/h5-12,27H,1-4H3,(H,26,28). The molecule has 0 aliphatic rings. The van der Waals surface area contributed by atoms with E-state index in [1.165, 1.54) is 38.3 Å². The largest absolute Gasteiger partial charge is 0.495 e. The van der Waals surface area contributed by atoms with Gasteiger partial charge in [0.25, 0.3) is 15.9 Å². The zero-order valence-corrected chi connectivity index (χ0v) is 18.7. The summed E-state index contributed by atoms with van der Waals surface area (Å²) in [5, 5.41) is 2.41. The van der Waals surface area contributed by atoms with Crippen LogP contribution in [0.3, 0.4) is 0 Å². The van der Waals surface area contributed by atoms with Crippen LogP contribution in [0.25, 0.3) is 0 Å². The molecule has 0 unspecified atom stereocenters. The van der Waals surface area contributed by atoms with Gasteiger partial charge in [0, 0.05) is 5.69 Å². The number of benzene rings is 3. The van der Waals surface area contributed by atoms with Gasteiger partial charge in [0.15, 0.2) is 11.6 Å². The first kappa shape index (κ1) is 23.2. The molecule has 0 fully saturated rings. The van der Waals surface area contributed by atoms with Crippen molar-refractivity contribution in [2.24, 2.45) is 0 Å². The first-order valence-corrected chi connectivity index (χ1v) is 11.1. The molecule has 0 aromatic heterocycles. The number of hydrogen-bond donors (Lipinski definition) is 2. The van der Waals surface area contributed by atoms with Crippen LogP contribution in [0, 0.1) is 32.4 Å². The summed E-state index contributed by atoms with van der Waals surface area (Å²) in [4.78, 5) is 12.3. The molecule has 3 aromatic carbocycles. The first-order valence-electron chi connectivity index (χ1n) is 9.57. The minimum atomic E-state index is -4.11. The van der Waals surface area contributed by atoms with E-state index in [1.807, 2.05) is 6.07 Å². The van der Waals surface area contributed by atoms with Crippen molar-refractivity contribution < 1.29 is 26.7 Å². The average molecular weight is 461 g/mol. The van der Waals surface area contributed by atoms with E-state index >= 15 is 0 Å². The molecule has 0 aliphatic heterocycles. The van der Waals surface area contributed by atoms with Crippen LogP contribution in [0.15, 0.2) is 53.4 Å². The van der Waals surface area contributed by atoms with Crippen molar-refractivity contribution in [2.45, 2.75) is 25.7 Å². The summed E-state index contributed by atoms with van der Waals surface area (Å²) in [7, 11) is -2.79. The number of sulfonamides is 1. The highest BCUT2D eigenvalue weighted by molar-refractivity contribution is 7.92. The van der Waals surface area contributed by atoms with E-state index in [2.05, 4.69) is 10.0 Å². The van der Waals surface area contributed by atoms with Crippen LogP contribution in [0.2, 0.25) is 0 Å². The van der Waals surface area contributed by atoms with Crippen LogP contribution in [-0.2, 0) is 10.0 Å². The van der Waals surface area contributed by atoms with Crippen molar-refractivity contribution in [3.63, 3.8) is 0 Å². The molecule has 0 heterocycles. The molecule has 0 aliphatic carbocycles. The minimum absolute atomic E-state index is 0.0505. The third-order valence-electron chi connectivity index (χ3n) is 4.85. The van der Waals surface area contributed by atoms with Crippen molar-refractivity contribution in [3.8, 4) is 5.75 Å². The van der Waals surface area contributed by atoms with Gasteiger partial charge in [-0.15, -0.1) is 0 Å². The van der Waals surface area contributed by atoms with Crippen molar-refractivity contribution in [2.75, 3.05) is 17.1 Å². The predicted molar refractivity (Wildman–Crippen MR) is 119 cm³/mol. The first-order chi connectivity index (χ1) is 15.0. The number of halogens is 2. The maximum atomic E-state index is 14.1. The Bertz CT molecular complexity index is 1290. The van der Waals surface area contributed by atoms with E-state index in [1.54, 1.807) is 26.0 Å². The molecular weight excluding hydrogens is 438 g/mol. The van der Waals surface area contributed by atoms with Crippen LogP contribution in [0.5, 0.6) is 5.75 Å². The summed E-state index contributed by atoms with van der Waals surface area (Å²) in [5.41, 5.74) is 1.84. The number of nitrogens with one attached hydrogen (secondary N) is 2. The number of methoxy groups -OCH3 is 1. The number of ether oxygens (including phenoxy) is 1. The maximum absolute atomic E-state index is 14.1. The molecule has 0 bridgehead atoms. The fourth-order valence-electron chi connectivity index (χ4n) is 3.22. The van der Waals surface area contributed by atoms with Crippen LogP contribution in [0.4, 0.5) is 20.2 Å². The summed E-state index contributed by atoms with van der Waals surface area (Å²) in [6.45, 7) is 5.07. The Hall–Kier alpha value is -3.46. The van der Waals surface area contributed by atoms with Gasteiger partial charge >= 0.3 is 0 Å². The number of hydrogen-bond acceptors (Lipinski definition) is 4. The van der Waals surface area contributed by atoms with Gasteiger partial charge in [0.1, 0.15) is 10.6 Å². The van der Waals surface area contributed by atoms with Gasteiger partial charge in [-0.1, -0.05) is 18.2 Å². The molecule has 0 radical (unpaired) electrons. The fourth-order valence-corrected chi connectivity index (χ4v) is 4.62. The van der Waals surface area contributed by atoms with Crippen molar-refractivity contribution in [1.29, 1.82) is 0 Å². The van der Waals surface area contributed by atoms with Gasteiger partial charge in [-0.25, -0.2) is 17.2 Å². The number of rotatable bonds is 6. The predicted octanol–water partition coefficient (Wildman–Crippen LogP) is 4.95. The van der Waals surface area contributed by atoms with E-state index in [0.29, 0.717) is 11.3 Å². The zero-order valence-electron chi connectivity index (χ0n) is 17.9. The Morgan fingerprint density at radius 1 is 0.969 bits per heavy atom. The molecule has 2 N–H and O–H groups in total. The third kappa shape index (κ3) is 4.72. The molecule has 6 nitrogen and oxygen atoms in total. The Morgan fingerprint density at radius 3 is 2.25 bits per heavy atom. The number of amides is 1. The molecule has 9 heteroatoms. The third-order valence-corrected chi connectivity index (χ3v) is 6.22. The fraction of sp³-hybridized carbons (Fsp3) is 0.174. The summed E-state index contributed by atoms with van der Waals surface area (Å²) in [5.74, 6) is -3.30. The highest BCUT2D eigenvalue weighted by Crippen LogP contribution is 2.31. The normalized spacial score (nSPS) is 11.2. The lowest BCUT2D eigenvalue weighted by Gasteiger charge is -2.16. The topological polar surface area (TPSA) is 84.5 Å². The van der Waals surface area contributed by atoms with Gasteiger partial charge in [-0.2, -0.15) is 0 Å². The SMILES string of the molecule is COc1ccc(NC(=O)c2cc(C)cc(F)c2F)cc1S(=O)(=O)Nc1c(C)cccc1C. The Morgan fingerprint density at radius 2 is 1.62 bits per heavy atom. The minimum Gasteiger partial charge on any atom is -0.495 e. The lowest BCUT2D eigenvalue weighted by Crippen LogP contribution is -2.18. The number of aryl methyl sites for hydroxylation is 3. The summed E-state index contributed by atoms with van der Waals surface area (Å²) >= 11 is 0. The van der Waals surface area contributed by atoms with Gasteiger partial charge < -0.3 is 10.1 Å². The van der Waals surface area contributed by atoms with E-state index in [9.17, 15) is 22.0 Å². The molecule has 0 saturated heterocycles. The van der Waals surface area contributed by atoms with Crippen LogP contribution in [-0.4, -0.2) is 21.4 Å². The number of anilines is 2. The Balaban J connectivity index is 1.98. The summed E-state index contributed by atoms with van der Waals surface area (Å²) in [6, 6.07) is 11.5.